The van der Waals surface area contributed by atoms with Crippen LogP contribution in [-0.4, -0.2) is 20.4 Å². The molecule has 1 aromatic carbocycles. The summed E-state index contributed by atoms with van der Waals surface area (Å²) in [6.07, 6.45) is 1.44. The Morgan fingerprint density at radius 2 is 2.23 bits per heavy atom. The highest BCUT2D eigenvalue weighted by atomic mass is 16.3. The summed E-state index contributed by atoms with van der Waals surface area (Å²) in [4.78, 5) is 30.0. The maximum atomic E-state index is 12.0. The highest BCUT2D eigenvalue weighted by molar-refractivity contribution is 6.01. The number of allylic oxidation sites excluding steroid dienone is 1. The minimum Gasteiger partial charge on any atom is -0.494 e. The fraction of sp³-hybridized carbons (Fsp3) is 0.133. The van der Waals surface area contributed by atoms with E-state index in [1.54, 1.807) is 31.2 Å². The third-order valence-electron chi connectivity index (χ3n) is 3.01. The second-order valence-corrected chi connectivity index (χ2v) is 4.65. The van der Waals surface area contributed by atoms with Gasteiger partial charge in [-0.05, 0) is 25.1 Å². The number of rotatable bonds is 4. The molecule has 0 aliphatic carbocycles. The highest BCUT2D eigenvalue weighted by Crippen LogP contribution is 2.18. The van der Waals surface area contributed by atoms with E-state index >= 15 is 0 Å². The molecule has 0 aliphatic heterocycles. The topological polar surface area (TPSA) is 113 Å². The van der Waals surface area contributed by atoms with Gasteiger partial charge in [-0.3, -0.25) is 19.3 Å². The van der Waals surface area contributed by atoms with Gasteiger partial charge in [-0.25, -0.2) is 4.79 Å². The van der Waals surface area contributed by atoms with Crippen LogP contribution in [0.15, 0.2) is 51.5 Å². The van der Waals surface area contributed by atoms with Crippen LogP contribution in [0.1, 0.15) is 12.5 Å². The molecule has 2 rings (SSSR count). The Hall–Kier alpha value is -3.09. The molecule has 2 aromatic rings. The Labute approximate surface area is 126 Å². The van der Waals surface area contributed by atoms with Gasteiger partial charge in [0.25, 0.3) is 5.56 Å². The molecule has 22 heavy (non-hydrogen) atoms. The van der Waals surface area contributed by atoms with Gasteiger partial charge in [-0.1, -0.05) is 12.1 Å². The monoisotopic (exact) mass is 300 g/mol. The minimum absolute atomic E-state index is 0.0659. The molecule has 0 radical (unpaired) electrons. The summed E-state index contributed by atoms with van der Waals surface area (Å²) in [5.41, 5.74) is 5.54. The predicted molar refractivity (Wildman–Crippen MR) is 85.9 cm³/mol. The summed E-state index contributed by atoms with van der Waals surface area (Å²) in [6, 6.07) is 6.78. The molecule has 7 heteroatoms. The maximum Gasteiger partial charge on any atom is 0.331 e. The van der Waals surface area contributed by atoms with Crippen LogP contribution in [0.3, 0.4) is 0 Å². The first kappa shape index (κ1) is 15.3. The van der Waals surface area contributed by atoms with Crippen LogP contribution < -0.4 is 17.0 Å². The summed E-state index contributed by atoms with van der Waals surface area (Å²) < 4.78 is 1.00. The van der Waals surface area contributed by atoms with Crippen LogP contribution in [0.4, 0.5) is 11.4 Å². The van der Waals surface area contributed by atoms with Gasteiger partial charge in [0.1, 0.15) is 5.56 Å². The van der Waals surface area contributed by atoms with Gasteiger partial charge >= 0.3 is 5.69 Å². The van der Waals surface area contributed by atoms with E-state index in [9.17, 15) is 14.7 Å². The predicted octanol–water partition coefficient (Wildman–Crippen LogP) is 1.15. The molecule has 0 saturated carbocycles. The van der Waals surface area contributed by atoms with Crippen molar-refractivity contribution in [2.45, 2.75) is 13.5 Å². The number of nitrogens with one attached hydrogen (secondary N) is 1. The first-order valence-corrected chi connectivity index (χ1v) is 6.52. The second kappa shape index (κ2) is 6.13. The number of hydrogen-bond donors (Lipinski definition) is 3. The molecule has 0 amide bonds. The molecule has 0 unspecified atom stereocenters. The Morgan fingerprint density at radius 3 is 2.86 bits per heavy atom. The zero-order valence-electron chi connectivity index (χ0n) is 12.0. The highest BCUT2D eigenvalue weighted by Gasteiger charge is 2.16. The van der Waals surface area contributed by atoms with Gasteiger partial charge in [-0.2, -0.15) is 0 Å². The zero-order chi connectivity index (χ0) is 16.3. The molecule has 7 nitrogen and oxygen atoms in total. The van der Waals surface area contributed by atoms with Gasteiger partial charge in [-0.15, -0.1) is 6.58 Å². The fourth-order valence-corrected chi connectivity index (χ4v) is 2.03. The lowest BCUT2D eigenvalue weighted by molar-refractivity contribution is 0.409. The van der Waals surface area contributed by atoms with Crippen LogP contribution in [-0.2, 0) is 6.54 Å². The summed E-state index contributed by atoms with van der Waals surface area (Å²) in [7, 11) is 0. The lowest BCUT2D eigenvalue weighted by Crippen LogP contribution is -2.33. The Morgan fingerprint density at radius 1 is 1.50 bits per heavy atom. The first-order chi connectivity index (χ1) is 10.4. The number of aromatic hydroxyl groups is 1. The molecule has 0 bridgehead atoms. The summed E-state index contributed by atoms with van der Waals surface area (Å²) in [5, 5.41) is 10.2. The van der Waals surface area contributed by atoms with Crippen molar-refractivity contribution in [3.05, 3.63) is 63.3 Å². The molecule has 4 N–H and O–H groups in total. The van der Waals surface area contributed by atoms with E-state index in [-0.39, 0.29) is 17.8 Å². The van der Waals surface area contributed by atoms with Crippen molar-refractivity contribution in [3.8, 4) is 5.88 Å². The number of hydrogen-bond acceptors (Lipinski definition) is 5. The maximum absolute atomic E-state index is 12.0. The number of aromatic amines is 1. The van der Waals surface area contributed by atoms with Crippen molar-refractivity contribution in [2.24, 2.45) is 4.99 Å². The van der Waals surface area contributed by atoms with Crippen molar-refractivity contribution in [1.29, 1.82) is 0 Å². The number of nitrogen functional groups attached to an aromatic ring is 1. The number of nitrogens with zero attached hydrogens (tertiary/aromatic N) is 2. The van der Waals surface area contributed by atoms with Crippen LogP contribution in [0.5, 0.6) is 5.88 Å². The molecule has 0 atom stereocenters. The first-order valence-electron chi connectivity index (χ1n) is 6.52. The second-order valence-electron chi connectivity index (χ2n) is 4.65. The van der Waals surface area contributed by atoms with Gasteiger partial charge in [0, 0.05) is 12.2 Å². The molecule has 0 fully saturated rings. The third-order valence-corrected chi connectivity index (χ3v) is 3.01. The van der Waals surface area contributed by atoms with Crippen molar-refractivity contribution in [2.75, 3.05) is 5.73 Å². The molecule has 0 spiro atoms. The Kier molecular flexibility index (Phi) is 4.26. The summed E-state index contributed by atoms with van der Waals surface area (Å²) in [5.74, 6) is -0.446. The Bertz CT molecular complexity index is 862. The zero-order valence-corrected chi connectivity index (χ0v) is 12.0. The lowest BCUT2D eigenvalue weighted by atomic mass is 10.2. The average molecular weight is 300 g/mol. The number of H-pyrrole nitrogens is 1. The van der Waals surface area contributed by atoms with Gasteiger partial charge in [0.15, 0.2) is 0 Å². The van der Waals surface area contributed by atoms with E-state index in [1.807, 2.05) is 0 Å². The van der Waals surface area contributed by atoms with E-state index in [4.69, 9.17) is 5.73 Å². The van der Waals surface area contributed by atoms with E-state index in [2.05, 4.69) is 16.6 Å². The molecule has 1 aromatic heterocycles. The van der Waals surface area contributed by atoms with Gasteiger partial charge < -0.3 is 10.8 Å². The Balaban J connectivity index is 2.61. The van der Waals surface area contributed by atoms with Crippen molar-refractivity contribution < 1.29 is 5.11 Å². The third kappa shape index (κ3) is 2.98. The van der Waals surface area contributed by atoms with Crippen LogP contribution >= 0.6 is 0 Å². The number of aliphatic imine (C=N–C) groups is 1. The molecular weight excluding hydrogens is 284 g/mol. The molecule has 1 heterocycles. The van der Waals surface area contributed by atoms with E-state index in [0.717, 1.165) is 4.57 Å². The normalized spacial score (nSPS) is 11.4. The molecular formula is C15H16N4O3. The molecule has 0 aliphatic rings. The number of benzene rings is 1. The summed E-state index contributed by atoms with van der Waals surface area (Å²) >= 11 is 0. The van der Waals surface area contributed by atoms with Gasteiger partial charge in [0.2, 0.25) is 5.88 Å². The quantitative estimate of drug-likeness (QED) is 0.446. The lowest BCUT2D eigenvalue weighted by Gasteiger charge is -2.09. The molecule has 0 saturated heterocycles. The fourth-order valence-electron chi connectivity index (χ4n) is 2.03. The standard InChI is InChI=1S/C15H16N4O3/c1-3-7-19-14(21)12(13(20)18-15(19)22)9(2)17-11-6-4-5-10(16)8-11/h3-6,8,21H,1,7,16H2,2H3,(H,18,20,22). The van der Waals surface area contributed by atoms with Gasteiger partial charge in [0.05, 0.1) is 11.4 Å². The van der Waals surface area contributed by atoms with Crippen molar-refractivity contribution in [1.82, 2.24) is 9.55 Å². The van der Waals surface area contributed by atoms with E-state index < -0.39 is 17.1 Å². The smallest absolute Gasteiger partial charge is 0.331 e. The van der Waals surface area contributed by atoms with Crippen LogP contribution in [0, 0.1) is 0 Å². The number of anilines is 1. The largest absolute Gasteiger partial charge is 0.494 e. The summed E-state index contributed by atoms with van der Waals surface area (Å²) in [6.45, 7) is 5.14. The molecule has 114 valence electrons. The van der Waals surface area contributed by atoms with Crippen LogP contribution in [0.2, 0.25) is 0 Å². The number of aromatic nitrogens is 2. The van der Waals surface area contributed by atoms with E-state index in [1.165, 1.54) is 6.08 Å². The average Bonchev–Trinajstić information content (AvgIpc) is 2.43. The van der Waals surface area contributed by atoms with Crippen molar-refractivity contribution >= 4 is 17.1 Å². The number of nitrogens with two attached hydrogens (primary N) is 1. The van der Waals surface area contributed by atoms with Crippen LogP contribution in [0.25, 0.3) is 0 Å². The van der Waals surface area contributed by atoms with E-state index in [0.29, 0.717) is 11.4 Å². The minimum atomic E-state index is -0.706. The van der Waals surface area contributed by atoms with Crippen molar-refractivity contribution in [3.63, 3.8) is 0 Å². The SMILES string of the molecule is C=CCn1c(O)c(C(C)=Nc2cccc(N)c2)c(=O)[nH]c1=O.